The zero-order valence-corrected chi connectivity index (χ0v) is 10.4. The van der Waals surface area contributed by atoms with Crippen molar-refractivity contribution in [2.75, 3.05) is 7.05 Å². The molecule has 1 aromatic carbocycles. The number of imide groups is 1. The fraction of sp³-hybridized carbons (Fsp3) is 0.273. The van der Waals surface area contributed by atoms with Crippen molar-refractivity contribution in [1.82, 2.24) is 10.6 Å². The first-order valence-corrected chi connectivity index (χ1v) is 5.30. The Labute approximate surface area is 110 Å². The predicted molar refractivity (Wildman–Crippen MR) is 59.0 cm³/mol. The molecule has 20 heavy (non-hydrogen) atoms. The highest BCUT2D eigenvalue weighted by atomic mass is 19.2. The van der Waals surface area contributed by atoms with Gasteiger partial charge in [-0.25, -0.2) is 13.6 Å². The summed E-state index contributed by atoms with van der Waals surface area (Å²) in [6, 6.07) is -0.871. The molecule has 0 saturated heterocycles. The third kappa shape index (κ3) is 3.37. The molecule has 0 aliphatic carbocycles. The maximum atomic E-state index is 13.3. The van der Waals surface area contributed by atoms with E-state index < -0.39 is 47.1 Å². The molecule has 1 aromatic rings. The van der Waals surface area contributed by atoms with E-state index in [1.165, 1.54) is 7.05 Å². The van der Waals surface area contributed by atoms with Crippen LogP contribution in [0.5, 0.6) is 5.75 Å². The van der Waals surface area contributed by atoms with Gasteiger partial charge in [0.05, 0.1) is 0 Å². The molecule has 0 heterocycles. The lowest BCUT2D eigenvalue weighted by molar-refractivity contribution is -0.126. The van der Waals surface area contributed by atoms with Gasteiger partial charge in [0.2, 0.25) is 11.6 Å². The summed E-state index contributed by atoms with van der Waals surface area (Å²) in [7, 11) is 1.23. The van der Waals surface area contributed by atoms with Crippen molar-refractivity contribution in [3.05, 3.63) is 29.3 Å². The van der Waals surface area contributed by atoms with Crippen molar-refractivity contribution in [2.45, 2.75) is 13.0 Å². The highest BCUT2D eigenvalue weighted by molar-refractivity contribution is 5.96. The summed E-state index contributed by atoms with van der Waals surface area (Å²) in [6.07, 6.45) is -1.56. The number of carbonyl (C=O) groups is 2. The molecule has 3 amide bonds. The van der Waals surface area contributed by atoms with Crippen LogP contribution in [0.25, 0.3) is 0 Å². The van der Waals surface area contributed by atoms with E-state index in [1.807, 2.05) is 0 Å². The number of halogens is 4. The number of hydrogen-bond acceptors (Lipinski definition) is 3. The van der Waals surface area contributed by atoms with Crippen molar-refractivity contribution in [2.24, 2.45) is 0 Å². The molecule has 0 bridgehead atoms. The van der Waals surface area contributed by atoms with Crippen LogP contribution < -0.4 is 15.4 Å². The number of benzene rings is 1. The van der Waals surface area contributed by atoms with Gasteiger partial charge >= 0.3 is 6.03 Å². The number of amides is 3. The second kappa shape index (κ2) is 6.22. The van der Waals surface area contributed by atoms with Crippen LogP contribution in [-0.2, 0) is 4.79 Å². The molecule has 110 valence electrons. The molecule has 1 atom stereocenters. The van der Waals surface area contributed by atoms with Crippen molar-refractivity contribution in [3.8, 4) is 5.75 Å². The van der Waals surface area contributed by atoms with E-state index in [1.54, 1.807) is 5.32 Å². The van der Waals surface area contributed by atoms with Crippen LogP contribution in [0.3, 0.4) is 0 Å². The van der Waals surface area contributed by atoms with E-state index in [4.69, 9.17) is 0 Å². The van der Waals surface area contributed by atoms with Gasteiger partial charge in [0.25, 0.3) is 5.91 Å². The average molecular weight is 294 g/mol. The summed E-state index contributed by atoms with van der Waals surface area (Å²) in [5.74, 6) is -9.31. The van der Waals surface area contributed by atoms with Crippen LogP contribution >= 0.6 is 0 Å². The number of carbonyl (C=O) groups excluding carboxylic acids is 2. The Balaban J connectivity index is 2.93. The van der Waals surface area contributed by atoms with Crippen molar-refractivity contribution in [3.63, 3.8) is 0 Å². The number of rotatable bonds is 3. The van der Waals surface area contributed by atoms with Crippen LogP contribution in [0, 0.1) is 23.3 Å². The van der Waals surface area contributed by atoms with Crippen LogP contribution in [0.1, 0.15) is 6.92 Å². The zero-order valence-electron chi connectivity index (χ0n) is 10.4. The van der Waals surface area contributed by atoms with Gasteiger partial charge in [0.1, 0.15) is 0 Å². The van der Waals surface area contributed by atoms with Gasteiger partial charge in [-0.1, -0.05) is 0 Å². The third-order valence-electron chi connectivity index (χ3n) is 2.20. The SMILES string of the molecule is CNC(=O)NC(=O)[C@@H](C)Oc1c(F)c(F)cc(F)c1F. The fourth-order valence-electron chi connectivity index (χ4n) is 1.16. The molecular weight excluding hydrogens is 284 g/mol. The quantitative estimate of drug-likeness (QED) is 0.655. The molecule has 0 spiro atoms. The highest BCUT2D eigenvalue weighted by Crippen LogP contribution is 2.27. The van der Waals surface area contributed by atoms with Gasteiger partial charge in [-0.15, -0.1) is 0 Å². The van der Waals surface area contributed by atoms with Gasteiger partial charge in [-0.2, -0.15) is 8.78 Å². The summed E-state index contributed by atoms with van der Waals surface area (Å²) < 4.78 is 56.9. The molecule has 0 radical (unpaired) electrons. The predicted octanol–water partition coefficient (Wildman–Crippen LogP) is 1.47. The van der Waals surface area contributed by atoms with E-state index in [0.29, 0.717) is 0 Å². The minimum Gasteiger partial charge on any atom is -0.474 e. The lowest BCUT2D eigenvalue weighted by atomic mass is 10.2. The number of urea groups is 1. The first kappa shape index (κ1) is 15.7. The van der Waals surface area contributed by atoms with Crippen molar-refractivity contribution < 1.29 is 31.9 Å². The van der Waals surface area contributed by atoms with E-state index in [-0.39, 0.29) is 6.07 Å². The Bertz CT molecular complexity index is 525. The van der Waals surface area contributed by atoms with E-state index in [0.717, 1.165) is 6.92 Å². The molecule has 0 aliphatic heterocycles. The van der Waals surface area contributed by atoms with Crippen molar-refractivity contribution in [1.29, 1.82) is 0 Å². The maximum Gasteiger partial charge on any atom is 0.321 e. The van der Waals surface area contributed by atoms with Gasteiger partial charge in [0.15, 0.2) is 23.5 Å². The summed E-state index contributed by atoms with van der Waals surface area (Å²) in [6.45, 7) is 1.04. The summed E-state index contributed by atoms with van der Waals surface area (Å²) in [5.41, 5.74) is 0. The monoisotopic (exact) mass is 294 g/mol. The normalized spacial score (nSPS) is 11.7. The Morgan fingerprint density at radius 3 is 2.10 bits per heavy atom. The summed E-state index contributed by atoms with van der Waals surface area (Å²) >= 11 is 0. The van der Waals surface area contributed by atoms with E-state index >= 15 is 0 Å². The van der Waals surface area contributed by atoms with Gasteiger partial charge < -0.3 is 10.1 Å². The topological polar surface area (TPSA) is 67.4 Å². The van der Waals surface area contributed by atoms with Gasteiger partial charge in [-0.05, 0) is 6.92 Å². The largest absolute Gasteiger partial charge is 0.474 e. The molecular formula is C11H10F4N2O3. The van der Waals surface area contributed by atoms with Crippen LogP contribution in [0.2, 0.25) is 0 Å². The van der Waals surface area contributed by atoms with E-state index in [2.05, 4.69) is 10.1 Å². The minimum atomic E-state index is -1.77. The first-order valence-electron chi connectivity index (χ1n) is 5.30. The smallest absolute Gasteiger partial charge is 0.321 e. The van der Waals surface area contributed by atoms with Crippen LogP contribution in [-0.4, -0.2) is 25.1 Å². The Morgan fingerprint density at radius 2 is 1.65 bits per heavy atom. The molecule has 1 rings (SSSR count). The lowest BCUT2D eigenvalue weighted by Crippen LogP contribution is -2.44. The summed E-state index contributed by atoms with van der Waals surface area (Å²) in [4.78, 5) is 22.2. The molecule has 0 fully saturated rings. The first-order chi connectivity index (χ1) is 9.27. The van der Waals surface area contributed by atoms with Crippen LogP contribution in [0.15, 0.2) is 6.07 Å². The van der Waals surface area contributed by atoms with E-state index in [9.17, 15) is 27.2 Å². The Hall–Kier alpha value is -2.32. The van der Waals surface area contributed by atoms with Crippen molar-refractivity contribution >= 4 is 11.9 Å². The molecule has 2 N–H and O–H groups in total. The third-order valence-corrected chi connectivity index (χ3v) is 2.20. The molecule has 5 nitrogen and oxygen atoms in total. The number of hydrogen-bond donors (Lipinski definition) is 2. The van der Waals surface area contributed by atoms with Gasteiger partial charge in [0, 0.05) is 13.1 Å². The Kier molecular flexibility index (Phi) is 4.89. The molecule has 0 aliphatic rings. The minimum absolute atomic E-state index is 0.00674. The van der Waals surface area contributed by atoms with Crippen LogP contribution in [0.4, 0.5) is 22.4 Å². The van der Waals surface area contributed by atoms with Gasteiger partial charge in [-0.3, -0.25) is 10.1 Å². The highest BCUT2D eigenvalue weighted by Gasteiger charge is 2.25. The molecule has 0 aromatic heterocycles. The fourth-order valence-corrected chi connectivity index (χ4v) is 1.16. The molecule has 0 saturated carbocycles. The average Bonchev–Trinajstić information content (AvgIpc) is 2.40. The number of nitrogens with one attached hydrogen (secondary N) is 2. The Morgan fingerprint density at radius 1 is 1.15 bits per heavy atom. The second-order valence-corrected chi connectivity index (χ2v) is 3.63. The molecule has 0 unspecified atom stereocenters. The summed E-state index contributed by atoms with van der Waals surface area (Å²) in [5, 5.41) is 3.83. The zero-order chi connectivity index (χ0) is 15.4. The number of ether oxygens (including phenoxy) is 1. The lowest BCUT2D eigenvalue weighted by Gasteiger charge is -2.15. The maximum absolute atomic E-state index is 13.3. The second-order valence-electron chi connectivity index (χ2n) is 3.63. The molecule has 9 heteroatoms. The standard InChI is InChI=1S/C11H10F4N2O3/c1-4(10(18)17-11(19)16-2)20-9-7(14)5(12)3-6(13)8(9)15/h3-4H,1-2H3,(H2,16,17,18,19)/t4-/m1/s1.